The fourth-order valence-electron chi connectivity index (χ4n) is 1.77. The van der Waals surface area contributed by atoms with Gasteiger partial charge in [0.15, 0.2) is 0 Å². The van der Waals surface area contributed by atoms with Crippen molar-refractivity contribution in [1.82, 2.24) is 0 Å². The first kappa shape index (κ1) is 14.3. The van der Waals surface area contributed by atoms with Crippen molar-refractivity contribution in [1.29, 1.82) is 0 Å². The maximum absolute atomic E-state index is 10.5. The van der Waals surface area contributed by atoms with Crippen LogP contribution in [-0.2, 0) is 5.60 Å². The third-order valence-electron chi connectivity index (χ3n) is 2.89. The third-order valence-corrected chi connectivity index (χ3v) is 4.77. The lowest BCUT2D eigenvalue weighted by atomic mass is 9.99. The van der Waals surface area contributed by atoms with Crippen molar-refractivity contribution in [2.45, 2.75) is 17.4 Å². The number of hydrogen-bond acceptors (Lipinski definition) is 3. The van der Waals surface area contributed by atoms with Crippen molar-refractivity contribution >= 4 is 29.1 Å². The highest BCUT2D eigenvalue weighted by molar-refractivity contribution is 7.99. The second-order valence-corrected chi connectivity index (χ2v) is 5.98. The van der Waals surface area contributed by atoms with Crippen LogP contribution in [-0.4, -0.2) is 10.9 Å². The minimum Gasteiger partial charge on any atom is -0.398 e. The Morgan fingerprint density at radius 1 is 1.16 bits per heavy atom. The van der Waals surface area contributed by atoms with E-state index in [9.17, 15) is 5.11 Å². The molecule has 2 nitrogen and oxygen atoms in total. The van der Waals surface area contributed by atoms with Crippen molar-refractivity contribution in [2.24, 2.45) is 0 Å². The van der Waals surface area contributed by atoms with Crippen LogP contribution in [0.5, 0.6) is 0 Å². The number of halogens is 1. The number of aliphatic hydroxyl groups is 1. The molecule has 1 unspecified atom stereocenters. The van der Waals surface area contributed by atoms with E-state index >= 15 is 0 Å². The number of hydrogen-bond donors (Lipinski definition) is 2. The SMILES string of the molecule is CC(O)(CSc1c(N)cccc1Cl)c1ccccc1. The van der Waals surface area contributed by atoms with Crippen LogP contribution in [0.1, 0.15) is 12.5 Å². The van der Waals surface area contributed by atoms with Crippen molar-refractivity contribution in [3.63, 3.8) is 0 Å². The minimum atomic E-state index is -0.919. The summed E-state index contributed by atoms with van der Waals surface area (Å²) in [6.07, 6.45) is 0. The van der Waals surface area contributed by atoms with Crippen LogP contribution >= 0.6 is 23.4 Å². The lowest BCUT2D eigenvalue weighted by Gasteiger charge is -2.24. The molecular weight excluding hydrogens is 278 g/mol. The maximum atomic E-state index is 10.5. The van der Waals surface area contributed by atoms with Gasteiger partial charge in [-0.25, -0.2) is 0 Å². The zero-order chi connectivity index (χ0) is 13.9. The van der Waals surface area contributed by atoms with Gasteiger partial charge in [-0.15, -0.1) is 11.8 Å². The van der Waals surface area contributed by atoms with Crippen molar-refractivity contribution in [2.75, 3.05) is 11.5 Å². The van der Waals surface area contributed by atoms with Crippen LogP contribution in [0.3, 0.4) is 0 Å². The van der Waals surface area contributed by atoms with Crippen molar-refractivity contribution < 1.29 is 5.11 Å². The van der Waals surface area contributed by atoms with Gasteiger partial charge < -0.3 is 10.8 Å². The van der Waals surface area contributed by atoms with E-state index in [2.05, 4.69) is 0 Å². The number of benzene rings is 2. The van der Waals surface area contributed by atoms with Gasteiger partial charge in [-0.1, -0.05) is 48.0 Å². The molecule has 0 saturated heterocycles. The Balaban J connectivity index is 2.14. The summed E-state index contributed by atoms with van der Waals surface area (Å²) in [6.45, 7) is 1.79. The first-order valence-electron chi connectivity index (χ1n) is 5.95. The van der Waals surface area contributed by atoms with Gasteiger partial charge >= 0.3 is 0 Å². The molecule has 0 spiro atoms. The molecule has 0 radical (unpaired) electrons. The second kappa shape index (κ2) is 5.87. The molecule has 0 fully saturated rings. The van der Waals surface area contributed by atoms with Gasteiger partial charge in [-0.05, 0) is 24.6 Å². The molecule has 0 amide bonds. The molecule has 4 heteroatoms. The highest BCUT2D eigenvalue weighted by atomic mass is 35.5. The molecule has 0 bridgehead atoms. The fraction of sp³-hybridized carbons (Fsp3) is 0.200. The van der Waals surface area contributed by atoms with Gasteiger partial charge in [0.2, 0.25) is 0 Å². The second-order valence-electron chi connectivity index (χ2n) is 4.59. The number of rotatable bonds is 4. The molecule has 1 atom stereocenters. The molecule has 2 rings (SSSR count). The van der Waals surface area contributed by atoms with Crippen molar-refractivity contribution in [3.8, 4) is 0 Å². The smallest absolute Gasteiger partial charge is 0.0962 e. The van der Waals surface area contributed by atoms with Gasteiger partial charge in [0.05, 0.1) is 10.6 Å². The highest BCUT2D eigenvalue weighted by Gasteiger charge is 2.23. The van der Waals surface area contributed by atoms with E-state index in [0.29, 0.717) is 16.5 Å². The summed E-state index contributed by atoms with van der Waals surface area (Å²) in [7, 11) is 0. The fourth-order valence-corrected chi connectivity index (χ4v) is 3.15. The molecule has 0 saturated carbocycles. The Hall–Kier alpha value is -1.16. The summed E-state index contributed by atoms with van der Waals surface area (Å²) in [5, 5.41) is 11.1. The molecule has 0 heterocycles. The molecule has 0 aliphatic carbocycles. The summed E-state index contributed by atoms with van der Waals surface area (Å²) >= 11 is 7.59. The maximum Gasteiger partial charge on any atom is 0.0962 e. The average molecular weight is 294 g/mol. The predicted octanol–water partition coefficient (Wildman–Crippen LogP) is 3.92. The minimum absolute atomic E-state index is 0.491. The number of thioether (sulfide) groups is 1. The van der Waals surface area contributed by atoms with Crippen LogP contribution in [0.4, 0.5) is 5.69 Å². The monoisotopic (exact) mass is 293 g/mol. The Kier molecular flexibility index (Phi) is 4.40. The zero-order valence-corrected chi connectivity index (χ0v) is 12.2. The van der Waals surface area contributed by atoms with Gasteiger partial charge in [-0.3, -0.25) is 0 Å². The van der Waals surface area contributed by atoms with Gasteiger partial charge in [0.25, 0.3) is 0 Å². The Morgan fingerprint density at radius 2 is 1.84 bits per heavy atom. The first-order chi connectivity index (χ1) is 9.00. The molecule has 2 aromatic carbocycles. The van der Waals surface area contributed by atoms with E-state index in [0.717, 1.165) is 10.5 Å². The van der Waals surface area contributed by atoms with E-state index < -0.39 is 5.60 Å². The van der Waals surface area contributed by atoms with E-state index in [1.165, 1.54) is 11.8 Å². The molecular formula is C15H16ClNOS. The number of anilines is 1. The van der Waals surface area contributed by atoms with E-state index in [1.54, 1.807) is 13.0 Å². The topological polar surface area (TPSA) is 46.2 Å². The normalized spacial score (nSPS) is 14.1. The Bertz CT molecular complexity index is 537. The highest BCUT2D eigenvalue weighted by Crippen LogP contribution is 2.36. The van der Waals surface area contributed by atoms with Crippen LogP contribution in [0.25, 0.3) is 0 Å². The van der Waals surface area contributed by atoms with Crippen molar-refractivity contribution in [3.05, 3.63) is 59.1 Å². The van der Waals surface area contributed by atoms with Crippen LogP contribution < -0.4 is 5.73 Å². The summed E-state index contributed by atoms with van der Waals surface area (Å²) in [5.41, 5.74) is 6.51. The molecule has 3 N–H and O–H groups in total. The van der Waals surface area contributed by atoms with E-state index in [-0.39, 0.29) is 0 Å². The summed E-state index contributed by atoms with van der Waals surface area (Å²) in [4.78, 5) is 0.820. The molecule has 0 aliphatic rings. The van der Waals surface area contributed by atoms with Gasteiger partial charge in [0, 0.05) is 16.3 Å². The van der Waals surface area contributed by atoms with E-state index in [4.69, 9.17) is 17.3 Å². The Labute approximate surface area is 122 Å². The average Bonchev–Trinajstić information content (AvgIpc) is 2.39. The number of nitrogen functional groups attached to an aromatic ring is 1. The number of nitrogens with two attached hydrogens (primary N) is 1. The summed E-state index contributed by atoms with van der Waals surface area (Å²) in [5.74, 6) is 0.491. The molecule has 19 heavy (non-hydrogen) atoms. The van der Waals surface area contributed by atoms with Crippen LogP contribution in [0, 0.1) is 0 Å². The molecule has 100 valence electrons. The first-order valence-corrected chi connectivity index (χ1v) is 7.32. The zero-order valence-electron chi connectivity index (χ0n) is 10.6. The lowest BCUT2D eigenvalue weighted by Crippen LogP contribution is -2.24. The van der Waals surface area contributed by atoms with E-state index in [1.807, 2.05) is 42.5 Å². The van der Waals surface area contributed by atoms with Gasteiger partial charge in [0.1, 0.15) is 0 Å². The summed E-state index contributed by atoms with van der Waals surface area (Å²) < 4.78 is 0. The molecule has 0 aliphatic heterocycles. The predicted molar refractivity (Wildman–Crippen MR) is 82.6 cm³/mol. The lowest BCUT2D eigenvalue weighted by molar-refractivity contribution is 0.0839. The standard InChI is InChI=1S/C15H16ClNOS/c1-15(18,11-6-3-2-4-7-11)10-19-14-12(16)8-5-9-13(14)17/h2-9,18H,10,17H2,1H3. The Morgan fingerprint density at radius 3 is 2.47 bits per heavy atom. The van der Waals surface area contributed by atoms with Crippen LogP contribution in [0.2, 0.25) is 5.02 Å². The summed E-state index contributed by atoms with van der Waals surface area (Å²) in [6, 6.07) is 15.0. The molecule has 2 aromatic rings. The van der Waals surface area contributed by atoms with Gasteiger partial charge in [-0.2, -0.15) is 0 Å². The third kappa shape index (κ3) is 3.44. The largest absolute Gasteiger partial charge is 0.398 e. The van der Waals surface area contributed by atoms with Crippen LogP contribution in [0.15, 0.2) is 53.4 Å². The quantitative estimate of drug-likeness (QED) is 0.663. The molecule has 0 aromatic heterocycles.